The first-order valence-electron chi connectivity index (χ1n) is 7.92. The number of carbonyl (C=O) groups excluding carboxylic acids is 1. The van der Waals surface area contributed by atoms with Gasteiger partial charge in [-0.2, -0.15) is 0 Å². The highest BCUT2D eigenvalue weighted by molar-refractivity contribution is 7.92. The molecule has 0 fully saturated rings. The maximum Gasteiger partial charge on any atom is 0.232 e. The van der Waals surface area contributed by atoms with E-state index in [0.717, 1.165) is 27.8 Å². The van der Waals surface area contributed by atoms with Crippen LogP contribution in [0.3, 0.4) is 0 Å². The van der Waals surface area contributed by atoms with E-state index in [0.29, 0.717) is 6.54 Å². The van der Waals surface area contributed by atoms with Crippen LogP contribution in [0.25, 0.3) is 0 Å². The fraction of sp³-hybridized carbons (Fsp3) is 0.278. The van der Waals surface area contributed by atoms with E-state index in [9.17, 15) is 17.6 Å². The van der Waals surface area contributed by atoms with E-state index in [1.807, 2.05) is 31.2 Å². The van der Waals surface area contributed by atoms with Crippen LogP contribution in [0.2, 0.25) is 5.02 Å². The molecule has 0 aliphatic rings. The lowest BCUT2D eigenvalue weighted by Gasteiger charge is -2.22. The predicted octanol–water partition coefficient (Wildman–Crippen LogP) is 3.26. The monoisotopic (exact) mass is 398 g/mol. The average Bonchev–Trinajstić information content (AvgIpc) is 2.56. The van der Waals surface area contributed by atoms with Crippen LogP contribution in [0.5, 0.6) is 0 Å². The largest absolute Gasteiger partial charge is 0.352 e. The molecule has 0 saturated heterocycles. The number of anilines is 1. The quantitative estimate of drug-likeness (QED) is 0.778. The number of hydrogen-bond acceptors (Lipinski definition) is 3. The number of nitrogens with zero attached hydrogens (tertiary/aromatic N) is 1. The number of halogens is 2. The molecule has 1 N–H and O–H groups in total. The summed E-state index contributed by atoms with van der Waals surface area (Å²) in [7, 11) is -3.64. The molecule has 0 radical (unpaired) electrons. The Labute approximate surface area is 157 Å². The van der Waals surface area contributed by atoms with Crippen molar-refractivity contribution in [2.45, 2.75) is 19.9 Å². The lowest BCUT2D eigenvalue weighted by molar-refractivity contribution is -0.121. The van der Waals surface area contributed by atoms with E-state index in [2.05, 4.69) is 5.32 Å². The second-order valence-electron chi connectivity index (χ2n) is 5.95. The molecule has 0 aliphatic carbocycles. The zero-order valence-electron chi connectivity index (χ0n) is 14.5. The summed E-state index contributed by atoms with van der Waals surface area (Å²) < 4.78 is 38.3. The van der Waals surface area contributed by atoms with Gasteiger partial charge in [-0.3, -0.25) is 9.10 Å². The summed E-state index contributed by atoms with van der Waals surface area (Å²) in [6.07, 6.45) is 0.988. The Kier molecular flexibility index (Phi) is 6.61. The number of sulfonamides is 1. The standard InChI is InChI=1S/C18H20ClFN2O3S/c1-13-3-5-14(6-4-13)12-21-18(23)9-10-22(26(2,24)25)15-7-8-17(20)16(19)11-15/h3-8,11H,9-10,12H2,1-2H3,(H,21,23). The number of aryl methyl sites for hydroxylation is 1. The number of hydrogen-bond donors (Lipinski definition) is 1. The summed E-state index contributed by atoms with van der Waals surface area (Å²) in [6.45, 7) is 2.27. The predicted molar refractivity (Wildman–Crippen MR) is 101 cm³/mol. The summed E-state index contributed by atoms with van der Waals surface area (Å²) in [5, 5.41) is 2.57. The molecule has 140 valence electrons. The molecule has 0 bridgehead atoms. The van der Waals surface area contributed by atoms with Gasteiger partial charge in [-0.25, -0.2) is 12.8 Å². The smallest absolute Gasteiger partial charge is 0.232 e. The zero-order valence-corrected chi connectivity index (χ0v) is 16.1. The van der Waals surface area contributed by atoms with E-state index in [1.54, 1.807) is 0 Å². The van der Waals surface area contributed by atoms with Crippen molar-refractivity contribution in [3.63, 3.8) is 0 Å². The molecule has 2 rings (SSSR count). The Bertz CT molecular complexity index is 886. The van der Waals surface area contributed by atoms with Crippen LogP contribution in [-0.4, -0.2) is 27.1 Å². The van der Waals surface area contributed by atoms with Gasteiger partial charge < -0.3 is 5.32 Å². The lowest BCUT2D eigenvalue weighted by atomic mass is 10.1. The fourth-order valence-corrected chi connectivity index (χ4v) is 3.42. The van der Waals surface area contributed by atoms with Gasteiger partial charge >= 0.3 is 0 Å². The van der Waals surface area contributed by atoms with E-state index in [1.165, 1.54) is 12.1 Å². The summed E-state index contributed by atoms with van der Waals surface area (Å²) in [5.74, 6) is -0.924. The van der Waals surface area contributed by atoms with Crippen molar-refractivity contribution >= 4 is 33.2 Å². The molecular weight excluding hydrogens is 379 g/mol. The van der Waals surface area contributed by atoms with E-state index >= 15 is 0 Å². The van der Waals surface area contributed by atoms with E-state index in [-0.39, 0.29) is 29.6 Å². The van der Waals surface area contributed by atoms with Gasteiger partial charge in [0, 0.05) is 19.5 Å². The van der Waals surface area contributed by atoms with Crippen LogP contribution in [0.1, 0.15) is 17.5 Å². The molecule has 0 spiro atoms. The maximum absolute atomic E-state index is 13.3. The number of benzene rings is 2. The Morgan fingerprint density at radius 3 is 2.42 bits per heavy atom. The van der Waals surface area contributed by atoms with Crippen LogP contribution < -0.4 is 9.62 Å². The molecule has 0 aromatic heterocycles. The Hall–Kier alpha value is -2.12. The molecule has 26 heavy (non-hydrogen) atoms. The molecular formula is C18H20ClFN2O3S. The summed E-state index contributed by atoms with van der Waals surface area (Å²) >= 11 is 5.72. The highest BCUT2D eigenvalue weighted by Crippen LogP contribution is 2.24. The first-order chi connectivity index (χ1) is 12.2. The molecule has 1 amide bonds. The first kappa shape index (κ1) is 20.2. The highest BCUT2D eigenvalue weighted by Gasteiger charge is 2.19. The average molecular weight is 399 g/mol. The van der Waals surface area contributed by atoms with Crippen LogP contribution in [-0.2, 0) is 21.4 Å². The van der Waals surface area contributed by atoms with Crippen molar-refractivity contribution in [1.82, 2.24) is 5.32 Å². The first-order valence-corrected chi connectivity index (χ1v) is 10.1. The molecule has 2 aromatic carbocycles. The van der Waals surface area contributed by atoms with Gasteiger partial charge in [-0.1, -0.05) is 41.4 Å². The minimum absolute atomic E-state index is 0.0338. The van der Waals surface area contributed by atoms with Crippen molar-refractivity contribution in [3.05, 3.63) is 64.4 Å². The third-order valence-electron chi connectivity index (χ3n) is 3.74. The highest BCUT2D eigenvalue weighted by atomic mass is 35.5. The van der Waals surface area contributed by atoms with Crippen molar-refractivity contribution in [1.29, 1.82) is 0 Å². The van der Waals surface area contributed by atoms with E-state index in [4.69, 9.17) is 11.6 Å². The van der Waals surface area contributed by atoms with Crippen LogP contribution in [0, 0.1) is 12.7 Å². The molecule has 2 aromatic rings. The minimum atomic E-state index is -3.64. The number of rotatable bonds is 7. The third kappa shape index (κ3) is 5.71. The van der Waals surface area contributed by atoms with Gasteiger partial charge in [0.15, 0.2) is 0 Å². The number of carbonyl (C=O) groups is 1. The molecule has 0 heterocycles. The van der Waals surface area contributed by atoms with Crippen LogP contribution >= 0.6 is 11.6 Å². The van der Waals surface area contributed by atoms with Crippen molar-refractivity contribution in [3.8, 4) is 0 Å². The fourth-order valence-electron chi connectivity index (χ4n) is 2.32. The molecule has 5 nitrogen and oxygen atoms in total. The Balaban J connectivity index is 1.99. The maximum atomic E-state index is 13.3. The second-order valence-corrected chi connectivity index (χ2v) is 8.26. The van der Waals surface area contributed by atoms with Gasteiger partial charge in [-0.05, 0) is 30.7 Å². The van der Waals surface area contributed by atoms with Crippen molar-refractivity contribution in [2.24, 2.45) is 0 Å². The van der Waals surface area contributed by atoms with Gasteiger partial charge in [0.1, 0.15) is 5.82 Å². The van der Waals surface area contributed by atoms with Gasteiger partial charge in [0.05, 0.1) is 17.0 Å². The topological polar surface area (TPSA) is 66.5 Å². The normalized spacial score (nSPS) is 11.2. The third-order valence-corrected chi connectivity index (χ3v) is 5.23. The van der Waals surface area contributed by atoms with E-state index < -0.39 is 15.8 Å². The molecule has 0 atom stereocenters. The van der Waals surface area contributed by atoms with Crippen LogP contribution in [0.4, 0.5) is 10.1 Å². The van der Waals surface area contributed by atoms with Gasteiger partial charge in [-0.15, -0.1) is 0 Å². The van der Waals surface area contributed by atoms with Gasteiger partial charge in [0.2, 0.25) is 15.9 Å². The zero-order chi connectivity index (χ0) is 19.3. The second kappa shape index (κ2) is 8.51. The number of amides is 1. The van der Waals surface area contributed by atoms with Crippen molar-refractivity contribution in [2.75, 3.05) is 17.1 Å². The summed E-state index contributed by atoms with van der Waals surface area (Å²) in [5.41, 5.74) is 2.29. The van der Waals surface area contributed by atoms with Crippen LogP contribution in [0.15, 0.2) is 42.5 Å². The van der Waals surface area contributed by atoms with Gasteiger partial charge in [0.25, 0.3) is 0 Å². The molecule has 0 unspecified atom stereocenters. The Morgan fingerprint density at radius 1 is 1.19 bits per heavy atom. The van der Waals surface area contributed by atoms with Crippen molar-refractivity contribution < 1.29 is 17.6 Å². The summed E-state index contributed by atoms with van der Waals surface area (Å²) in [6, 6.07) is 11.4. The number of nitrogens with one attached hydrogen (secondary N) is 1. The molecule has 8 heteroatoms. The minimum Gasteiger partial charge on any atom is -0.352 e. The lowest BCUT2D eigenvalue weighted by Crippen LogP contribution is -2.34. The SMILES string of the molecule is Cc1ccc(CNC(=O)CCN(c2ccc(F)c(Cl)c2)S(C)(=O)=O)cc1. The summed E-state index contributed by atoms with van der Waals surface area (Å²) in [4.78, 5) is 12.0. The molecule has 0 aliphatic heterocycles. The Morgan fingerprint density at radius 2 is 1.85 bits per heavy atom. The molecule has 0 saturated carbocycles.